The molecule has 0 aromatic carbocycles. The van der Waals surface area contributed by atoms with Crippen molar-refractivity contribution in [1.82, 2.24) is 9.80 Å². The predicted octanol–water partition coefficient (Wildman–Crippen LogP) is 2.22. The lowest BCUT2D eigenvalue weighted by Crippen LogP contribution is -2.49. The van der Waals surface area contributed by atoms with E-state index in [0.29, 0.717) is 6.42 Å². The first-order chi connectivity index (χ1) is 9.59. The van der Waals surface area contributed by atoms with E-state index in [4.69, 9.17) is 0 Å². The summed E-state index contributed by atoms with van der Waals surface area (Å²) >= 11 is 0. The van der Waals surface area contributed by atoms with Gasteiger partial charge in [0.15, 0.2) is 0 Å². The minimum Gasteiger partial charge on any atom is -0.341 e. The smallest absolute Gasteiger partial charge is 0.239 e. The maximum Gasteiger partial charge on any atom is 0.239 e. The largest absolute Gasteiger partial charge is 0.341 e. The molecule has 4 heteroatoms. The standard InChI is InChI=1S/C16H28N2O2/c1-13(19)12-15-8-7-11-18(15)14(2)16(20)17-9-5-3-4-6-10-17/h14-15H,3-12H2,1-2H3. The fourth-order valence-electron chi connectivity index (χ4n) is 3.62. The van der Waals surface area contributed by atoms with Gasteiger partial charge in [-0.2, -0.15) is 0 Å². The highest BCUT2D eigenvalue weighted by Gasteiger charge is 2.34. The molecule has 20 heavy (non-hydrogen) atoms. The number of Topliss-reactive ketones (excluding diaryl/α,β-unsaturated/α-hetero) is 1. The average Bonchev–Trinajstić information content (AvgIpc) is 2.70. The van der Waals surface area contributed by atoms with E-state index in [-0.39, 0.29) is 23.8 Å². The first kappa shape index (κ1) is 15.5. The van der Waals surface area contributed by atoms with E-state index >= 15 is 0 Å². The lowest BCUT2D eigenvalue weighted by molar-refractivity contribution is -0.137. The van der Waals surface area contributed by atoms with Crippen LogP contribution >= 0.6 is 0 Å². The Kier molecular flexibility index (Phi) is 5.58. The van der Waals surface area contributed by atoms with Crippen molar-refractivity contribution < 1.29 is 9.59 Å². The highest BCUT2D eigenvalue weighted by molar-refractivity contribution is 5.82. The molecule has 0 radical (unpaired) electrons. The second-order valence-corrected chi connectivity index (χ2v) is 6.36. The van der Waals surface area contributed by atoms with Gasteiger partial charge in [0.2, 0.25) is 5.91 Å². The van der Waals surface area contributed by atoms with Crippen molar-refractivity contribution in [3.63, 3.8) is 0 Å². The molecule has 2 aliphatic rings. The zero-order valence-electron chi connectivity index (χ0n) is 12.9. The van der Waals surface area contributed by atoms with Crippen LogP contribution in [0.4, 0.5) is 0 Å². The van der Waals surface area contributed by atoms with Crippen LogP contribution in [0.15, 0.2) is 0 Å². The zero-order valence-corrected chi connectivity index (χ0v) is 12.9. The topological polar surface area (TPSA) is 40.6 Å². The molecule has 0 spiro atoms. The maximum atomic E-state index is 12.7. The quantitative estimate of drug-likeness (QED) is 0.793. The van der Waals surface area contributed by atoms with Crippen molar-refractivity contribution in [2.45, 2.75) is 70.9 Å². The Balaban J connectivity index is 1.95. The number of carbonyl (C=O) groups excluding carboxylic acids is 2. The van der Waals surface area contributed by atoms with Crippen LogP contribution in [0.5, 0.6) is 0 Å². The summed E-state index contributed by atoms with van der Waals surface area (Å²) in [6.07, 6.45) is 7.51. The van der Waals surface area contributed by atoms with Gasteiger partial charge >= 0.3 is 0 Å². The first-order valence-electron chi connectivity index (χ1n) is 8.13. The van der Waals surface area contributed by atoms with Crippen molar-refractivity contribution in [3.05, 3.63) is 0 Å². The molecule has 2 unspecified atom stereocenters. The van der Waals surface area contributed by atoms with Crippen LogP contribution in [0.25, 0.3) is 0 Å². The number of hydrogen-bond acceptors (Lipinski definition) is 3. The third-order valence-electron chi connectivity index (χ3n) is 4.72. The van der Waals surface area contributed by atoms with Crippen molar-refractivity contribution in [2.24, 2.45) is 0 Å². The molecule has 0 aromatic rings. The summed E-state index contributed by atoms with van der Waals surface area (Å²) in [5.74, 6) is 0.499. The predicted molar refractivity (Wildman–Crippen MR) is 79.5 cm³/mol. The van der Waals surface area contributed by atoms with Crippen LogP contribution in [0.3, 0.4) is 0 Å². The van der Waals surface area contributed by atoms with Crippen LogP contribution in [0.1, 0.15) is 58.8 Å². The molecule has 4 nitrogen and oxygen atoms in total. The number of likely N-dealkylation sites (tertiary alicyclic amines) is 2. The minimum absolute atomic E-state index is 0.0695. The Morgan fingerprint density at radius 2 is 1.70 bits per heavy atom. The molecule has 0 N–H and O–H groups in total. The van der Waals surface area contributed by atoms with Gasteiger partial charge in [0.05, 0.1) is 6.04 Å². The Morgan fingerprint density at radius 1 is 1.05 bits per heavy atom. The molecule has 0 bridgehead atoms. The third-order valence-corrected chi connectivity index (χ3v) is 4.72. The van der Waals surface area contributed by atoms with Gasteiger partial charge in [-0.1, -0.05) is 12.8 Å². The molecule has 2 rings (SSSR count). The van der Waals surface area contributed by atoms with Gasteiger partial charge < -0.3 is 4.90 Å². The van der Waals surface area contributed by atoms with E-state index in [2.05, 4.69) is 4.90 Å². The van der Waals surface area contributed by atoms with Crippen molar-refractivity contribution in [1.29, 1.82) is 0 Å². The maximum absolute atomic E-state index is 12.7. The molecule has 0 aliphatic carbocycles. The molecule has 2 heterocycles. The average molecular weight is 280 g/mol. The van der Waals surface area contributed by atoms with E-state index in [1.165, 1.54) is 12.8 Å². The van der Waals surface area contributed by atoms with Crippen molar-refractivity contribution in [3.8, 4) is 0 Å². The van der Waals surface area contributed by atoms with Crippen LogP contribution in [-0.4, -0.2) is 53.2 Å². The molecule has 114 valence electrons. The van der Waals surface area contributed by atoms with E-state index in [1.54, 1.807) is 6.92 Å². The Labute approximate surface area is 122 Å². The molecule has 0 aromatic heterocycles. The molecule has 0 saturated carbocycles. The third kappa shape index (κ3) is 3.81. The van der Waals surface area contributed by atoms with Gasteiger partial charge in [-0.25, -0.2) is 0 Å². The van der Waals surface area contributed by atoms with E-state index in [0.717, 1.165) is 45.3 Å². The molecular weight excluding hydrogens is 252 g/mol. The lowest BCUT2D eigenvalue weighted by atomic mass is 10.1. The highest BCUT2D eigenvalue weighted by Crippen LogP contribution is 2.24. The second-order valence-electron chi connectivity index (χ2n) is 6.36. The number of carbonyl (C=O) groups is 2. The molecule has 2 saturated heterocycles. The van der Waals surface area contributed by atoms with E-state index in [1.807, 2.05) is 11.8 Å². The second kappa shape index (κ2) is 7.21. The first-order valence-corrected chi connectivity index (χ1v) is 8.13. The fraction of sp³-hybridized carbons (Fsp3) is 0.875. The molecule has 2 fully saturated rings. The van der Waals surface area contributed by atoms with Crippen molar-refractivity contribution >= 4 is 11.7 Å². The van der Waals surface area contributed by atoms with Crippen LogP contribution < -0.4 is 0 Å². The molecule has 2 aliphatic heterocycles. The SMILES string of the molecule is CC(=O)CC1CCCN1C(C)C(=O)N1CCCCCC1. The summed E-state index contributed by atoms with van der Waals surface area (Å²) < 4.78 is 0. The summed E-state index contributed by atoms with van der Waals surface area (Å²) in [6, 6.07) is 0.207. The summed E-state index contributed by atoms with van der Waals surface area (Å²) in [5, 5.41) is 0. The van der Waals surface area contributed by atoms with Gasteiger partial charge in [0.1, 0.15) is 5.78 Å². The zero-order chi connectivity index (χ0) is 14.5. The van der Waals surface area contributed by atoms with E-state index in [9.17, 15) is 9.59 Å². The lowest BCUT2D eigenvalue weighted by Gasteiger charge is -2.33. The minimum atomic E-state index is -0.0695. The normalized spacial score (nSPS) is 26.3. The molecule has 2 atom stereocenters. The van der Waals surface area contributed by atoms with Crippen LogP contribution in [-0.2, 0) is 9.59 Å². The summed E-state index contributed by atoms with van der Waals surface area (Å²) in [5.41, 5.74) is 0. The Hall–Kier alpha value is -0.900. The number of ketones is 1. The number of hydrogen-bond donors (Lipinski definition) is 0. The summed E-state index contributed by atoms with van der Waals surface area (Å²) in [4.78, 5) is 28.3. The van der Waals surface area contributed by atoms with Gasteiger partial charge in [-0.05, 0) is 46.1 Å². The molecular formula is C16H28N2O2. The Morgan fingerprint density at radius 3 is 2.30 bits per heavy atom. The van der Waals surface area contributed by atoms with Crippen LogP contribution in [0.2, 0.25) is 0 Å². The van der Waals surface area contributed by atoms with Gasteiger partial charge in [0.25, 0.3) is 0 Å². The molecule has 1 amide bonds. The summed E-state index contributed by atoms with van der Waals surface area (Å²) in [7, 11) is 0. The van der Waals surface area contributed by atoms with Crippen LogP contribution in [0, 0.1) is 0 Å². The summed E-state index contributed by atoms with van der Waals surface area (Å²) in [6.45, 7) is 6.45. The Bertz CT molecular complexity index is 348. The number of nitrogens with zero attached hydrogens (tertiary/aromatic N) is 2. The highest BCUT2D eigenvalue weighted by atomic mass is 16.2. The van der Waals surface area contributed by atoms with Gasteiger partial charge in [-0.15, -0.1) is 0 Å². The number of amides is 1. The van der Waals surface area contributed by atoms with E-state index < -0.39 is 0 Å². The monoisotopic (exact) mass is 280 g/mol. The van der Waals surface area contributed by atoms with Crippen molar-refractivity contribution in [2.75, 3.05) is 19.6 Å². The number of rotatable bonds is 4. The van der Waals surface area contributed by atoms with Gasteiger partial charge in [-0.3, -0.25) is 14.5 Å². The van der Waals surface area contributed by atoms with Gasteiger partial charge in [0, 0.05) is 25.6 Å². The fourth-order valence-corrected chi connectivity index (χ4v) is 3.62.